The van der Waals surface area contributed by atoms with Crippen LogP contribution in [0.25, 0.3) is 76.9 Å². The average molecular weight is 1070 g/mol. The first-order valence-electron chi connectivity index (χ1n) is 29.4. The number of nitrogens with zero attached hydrogens (tertiary/aromatic N) is 1. The monoisotopic (exact) mass is 1060 g/mol. The van der Waals surface area contributed by atoms with E-state index >= 15 is 0 Å². The summed E-state index contributed by atoms with van der Waals surface area (Å²) in [6.07, 6.45) is 0. The quantitative estimate of drug-likeness (QED) is 0.168. The fourth-order valence-corrected chi connectivity index (χ4v) is 13.8. The summed E-state index contributed by atoms with van der Waals surface area (Å²) >= 11 is 0. The Morgan fingerprint density at radius 3 is 1.45 bits per heavy atom. The van der Waals surface area contributed by atoms with Gasteiger partial charge in [0.05, 0.1) is 16.5 Å². The normalized spacial score (nSPS) is 13.7. The van der Waals surface area contributed by atoms with E-state index in [1.54, 1.807) is 0 Å². The van der Waals surface area contributed by atoms with Gasteiger partial charge in [0.25, 0.3) is 0 Å². The zero-order chi connectivity index (χ0) is 56.8. The Bertz CT molecular complexity index is 4440. The summed E-state index contributed by atoms with van der Waals surface area (Å²) in [5.74, 6) is 0. The van der Waals surface area contributed by atoms with E-state index in [4.69, 9.17) is 4.42 Å². The van der Waals surface area contributed by atoms with Crippen LogP contribution in [0.4, 0.5) is 28.4 Å². The average Bonchev–Trinajstić information content (AvgIpc) is 1.60. The molecule has 0 saturated carbocycles. The molecule has 0 radical (unpaired) electrons. The van der Waals surface area contributed by atoms with Crippen LogP contribution in [-0.4, -0.2) is 0 Å². The van der Waals surface area contributed by atoms with E-state index in [0.717, 1.165) is 55.9 Å². The highest BCUT2D eigenvalue weighted by molar-refractivity contribution is 6.26. The molecule has 14 rings (SSSR count). The van der Waals surface area contributed by atoms with Crippen molar-refractivity contribution in [1.82, 2.24) is 0 Å². The molecule has 11 aromatic carbocycles. The van der Waals surface area contributed by atoms with Gasteiger partial charge in [0, 0.05) is 39.3 Å². The highest BCUT2D eigenvalue weighted by Gasteiger charge is 2.54. The molecule has 1 spiro atoms. The van der Waals surface area contributed by atoms with Gasteiger partial charge in [0.15, 0.2) is 0 Å². The molecule has 12 aromatic rings. The molecule has 2 aliphatic carbocycles. The highest BCUT2D eigenvalue weighted by atomic mass is 16.3. The molecular formula is C79H72N2O. The molecule has 0 saturated heterocycles. The maximum atomic E-state index is 7.55. The van der Waals surface area contributed by atoms with Gasteiger partial charge in [-0.3, -0.25) is 0 Å². The van der Waals surface area contributed by atoms with Gasteiger partial charge >= 0.3 is 0 Å². The van der Waals surface area contributed by atoms with Crippen LogP contribution in [0.2, 0.25) is 0 Å². The number of anilines is 5. The zero-order valence-corrected chi connectivity index (χ0v) is 49.6. The van der Waals surface area contributed by atoms with Crippen LogP contribution < -0.4 is 10.2 Å². The van der Waals surface area contributed by atoms with Crippen LogP contribution in [0, 0.1) is 0 Å². The Morgan fingerprint density at radius 2 is 0.878 bits per heavy atom. The van der Waals surface area contributed by atoms with Crippen molar-refractivity contribution in [1.29, 1.82) is 0 Å². The SMILES string of the molecule is CC(C)(C)c1ccc(Nc2ccc(C(C)(C)C)cc2-c2ccc3c4c(c5ccccc5c3c2)-c2c(cc(N(c3ccc(C(C)(C)C)cc3)c3ccc(C(C)(C)C)cc3)c3c2oc2ccccc23)C42c3ccccc3-c3ccccc32)cc1. The summed E-state index contributed by atoms with van der Waals surface area (Å²) in [5.41, 5.74) is 24.0. The molecule has 82 heavy (non-hydrogen) atoms. The standard InChI is InChI=1S/C79H72N2O/c1-75(2,3)49-30-37-53(38-31-49)80-67-44-36-52(78(10,11)12)46-62(67)48-29-43-60-63(45-48)56-21-13-14-24-59(56)71-72-66(79(73(60)71)64-26-18-15-22-57(64)58-23-16-19-27-65(58)79)47-68(70-61-25-17-20-28-69(61)82-74(70)72)81(54-39-32-50(33-40-54)76(4,5)6)55-41-34-51(35-42-55)77(7,8)9/h13-47,80H,1-12H3. The minimum atomic E-state index is -0.737. The minimum Gasteiger partial charge on any atom is -0.455 e. The third-order valence-electron chi connectivity index (χ3n) is 18.1. The van der Waals surface area contributed by atoms with E-state index in [1.807, 2.05) is 0 Å². The van der Waals surface area contributed by atoms with Gasteiger partial charge in [-0.25, -0.2) is 0 Å². The Labute approximate surface area is 484 Å². The van der Waals surface area contributed by atoms with Crippen LogP contribution in [0.5, 0.6) is 0 Å². The summed E-state index contributed by atoms with van der Waals surface area (Å²) < 4.78 is 7.55. The Balaban J connectivity index is 1.10. The van der Waals surface area contributed by atoms with E-state index < -0.39 is 5.41 Å². The van der Waals surface area contributed by atoms with Crippen molar-refractivity contribution in [3.63, 3.8) is 0 Å². The predicted octanol–water partition coefficient (Wildman–Crippen LogP) is 22.3. The van der Waals surface area contributed by atoms with Gasteiger partial charge < -0.3 is 14.6 Å². The largest absolute Gasteiger partial charge is 0.455 e. The number of hydrogen-bond acceptors (Lipinski definition) is 3. The summed E-state index contributed by atoms with van der Waals surface area (Å²) in [6.45, 7) is 27.5. The second kappa shape index (κ2) is 18.2. The second-order valence-corrected chi connectivity index (χ2v) is 27.4. The van der Waals surface area contributed by atoms with Crippen LogP contribution in [-0.2, 0) is 27.1 Å². The molecule has 0 amide bonds. The predicted molar refractivity (Wildman–Crippen MR) is 350 cm³/mol. The van der Waals surface area contributed by atoms with Crippen molar-refractivity contribution in [2.75, 3.05) is 10.2 Å². The summed E-state index contributed by atoms with van der Waals surface area (Å²) in [7, 11) is 0. The first-order chi connectivity index (χ1) is 39.2. The first-order valence-corrected chi connectivity index (χ1v) is 29.4. The van der Waals surface area contributed by atoms with Gasteiger partial charge in [-0.1, -0.05) is 229 Å². The lowest BCUT2D eigenvalue weighted by atomic mass is 9.69. The Kier molecular flexibility index (Phi) is 11.4. The number of fused-ring (bicyclic) bond motifs is 19. The molecule has 0 bridgehead atoms. The molecule has 3 heteroatoms. The number of furan rings is 1. The Morgan fingerprint density at radius 1 is 0.378 bits per heavy atom. The van der Waals surface area contributed by atoms with Crippen molar-refractivity contribution >= 4 is 71.9 Å². The van der Waals surface area contributed by atoms with Crippen molar-refractivity contribution < 1.29 is 4.42 Å². The second-order valence-electron chi connectivity index (χ2n) is 27.4. The lowest BCUT2D eigenvalue weighted by Gasteiger charge is -2.33. The van der Waals surface area contributed by atoms with E-state index in [-0.39, 0.29) is 21.7 Å². The van der Waals surface area contributed by atoms with Crippen molar-refractivity contribution in [2.45, 2.75) is 110 Å². The van der Waals surface area contributed by atoms with Crippen LogP contribution >= 0.6 is 0 Å². The summed E-state index contributed by atoms with van der Waals surface area (Å²) in [6, 6.07) is 80.7. The maximum Gasteiger partial charge on any atom is 0.145 e. The smallest absolute Gasteiger partial charge is 0.145 e. The van der Waals surface area contributed by atoms with Crippen molar-refractivity contribution in [3.8, 4) is 33.4 Å². The van der Waals surface area contributed by atoms with Gasteiger partial charge in [0.1, 0.15) is 11.2 Å². The highest BCUT2D eigenvalue weighted by Crippen LogP contribution is 2.68. The van der Waals surface area contributed by atoms with Crippen LogP contribution in [0.1, 0.15) is 128 Å². The molecule has 1 aromatic heterocycles. The topological polar surface area (TPSA) is 28.4 Å². The molecule has 1 heterocycles. The van der Waals surface area contributed by atoms with E-state index in [0.29, 0.717) is 0 Å². The number of rotatable bonds is 6. The van der Waals surface area contributed by atoms with Crippen molar-refractivity contribution in [3.05, 3.63) is 257 Å². The molecule has 3 nitrogen and oxygen atoms in total. The fraction of sp³-hybridized carbons (Fsp3) is 0.215. The van der Waals surface area contributed by atoms with Gasteiger partial charge in [-0.05, 0) is 177 Å². The molecule has 0 fully saturated rings. The van der Waals surface area contributed by atoms with Crippen LogP contribution in [0.15, 0.2) is 217 Å². The summed E-state index contributed by atoms with van der Waals surface area (Å²) in [5, 5.41) is 11.0. The lowest BCUT2D eigenvalue weighted by Crippen LogP contribution is -2.26. The lowest BCUT2D eigenvalue weighted by molar-refractivity contribution is 0.590. The number of para-hydroxylation sites is 1. The van der Waals surface area contributed by atoms with Crippen LogP contribution in [0.3, 0.4) is 0 Å². The molecule has 0 unspecified atom stereocenters. The van der Waals surface area contributed by atoms with Gasteiger partial charge in [-0.15, -0.1) is 0 Å². The third-order valence-corrected chi connectivity index (χ3v) is 18.1. The molecular weight excluding hydrogens is 993 g/mol. The Hall–Kier alpha value is -8.66. The number of benzene rings is 11. The third kappa shape index (κ3) is 7.90. The maximum absolute atomic E-state index is 7.55. The van der Waals surface area contributed by atoms with Crippen molar-refractivity contribution in [2.24, 2.45) is 0 Å². The minimum absolute atomic E-state index is 0.0123. The van der Waals surface area contributed by atoms with E-state index in [9.17, 15) is 0 Å². The van der Waals surface area contributed by atoms with Gasteiger partial charge in [0.2, 0.25) is 0 Å². The summed E-state index contributed by atoms with van der Waals surface area (Å²) in [4.78, 5) is 2.51. The molecule has 0 aliphatic heterocycles. The molecule has 1 N–H and O–H groups in total. The molecule has 2 aliphatic rings. The van der Waals surface area contributed by atoms with E-state index in [2.05, 4.69) is 306 Å². The van der Waals surface area contributed by atoms with E-state index in [1.165, 1.54) is 93.9 Å². The molecule has 404 valence electrons. The van der Waals surface area contributed by atoms with Gasteiger partial charge in [-0.2, -0.15) is 0 Å². The number of nitrogens with one attached hydrogen (secondary N) is 1. The zero-order valence-electron chi connectivity index (χ0n) is 49.6. The number of hydrogen-bond donors (Lipinski definition) is 1. The first kappa shape index (κ1) is 51.5. The fourth-order valence-electron chi connectivity index (χ4n) is 13.8. The molecule has 0 atom stereocenters.